The van der Waals surface area contributed by atoms with Crippen LogP contribution < -0.4 is 10.1 Å². The summed E-state index contributed by atoms with van der Waals surface area (Å²) in [5.74, 6) is 0.904. The first kappa shape index (κ1) is 13.0. The van der Waals surface area contributed by atoms with Crippen molar-refractivity contribution in [2.24, 2.45) is 0 Å². The lowest BCUT2D eigenvalue weighted by Crippen LogP contribution is -2.17. The second kappa shape index (κ2) is 6.48. The number of nitrogens with zero attached hydrogens (tertiary/aromatic N) is 1. The molecule has 0 amide bonds. The van der Waals surface area contributed by atoms with E-state index in [9.17, 15) is 0 Å². The molecule has 1 unspecified atom stereocenters. The molecular weight excluding hydrogens is 200 g/mol. The molecule has 3 heteroatoms. The van der Waals surface area contributed by atoms with Crippen molar-refractivity contribution in [3.63, 3.8) is 0 Å². The minimum atomic E-state index is 0.241. The van der Waals surface area contributed by atoms with E-state index in [2.05, 4.69) is 31.1 Å². The molecule has 0 spiro atoms. The van der Waals surface area contributed by atoms with E-state index in [0.29, 0.717) is 0 Å². The monoisotopic (exact) mass is 222 g/mol. The van der Waals surface area contributed by atoms with Crippen LogP contribution in [0.5, 0.6) is 5.75 Å². The Bertz CT molecular complexity index is 326. The summed E-state index contributed by atoms with van der Waals surface area (Å²) in [6.45, 7) is 10.0. The molecule has 1 rings (SSSR count). The van der Waals surface area contributed by atoms with Gasteiger partial charge in [0.05, 0.1) is 11.8 Å². The van der Waals surface area contributed by atoms with Crippen molar-refractivity contribution in [1.82, 2.24) is 10.3 Å². The zero-order valence-corrected chi connectivity index (χ0v) is 10.7. The van der Waals surface area contributed by atoms with Crippen LogP contribution in [0.3, 0.4) is 0 Å². The van der Waals surface area contributed by atoms with E-state index in [1.807, 2.05) is 19.1 Å². The van der Waals surface area contributed by atoms with Crippen LogP contribution in [0.4, 0.5) is 0 Å². The van der Waals surface area contributed by atoms with Gasteiger partial charge in [-0.2, -0.15) is 0 Å². The highest BCUT2D eigenvalue weighted by Crippen LogP contribution is 2.19. The number of pyridine rings is 1. The second-order valence-corrected chi connectivity index (χ2v) is 4.01. The lowest BCUT2D eigenvalue weighted by Gasteiger charge is -2.16. The van der Waals surface area contributed by atoms with Gasteiger partial charge in [0.1, 0.15) is 5.75 Å². The number of aryl methyl sites for hydroxylation is 1. The summed E-state index contributed by atoms with van der Waals surface area (Å²) < 4.78 is 5.84. The number of hydrogen-bond donors (Lipinski definition) is 1. The summed E-state index contributed by atoms with van der Waals surface area (Å²) in [5.41, 5.74) is 2.03. The zero-order valence-electron chi connectivity index (χ0n) is 10.7. The Morgan fingerprint density at radius 2 is 2.12 bits per heavy atom. The highest BCUT2D eigenvalue weighted by molar-refractivity contribution is 5.29. The van der Waals surface area contributed by atoms with E-state index in [4.69, 9.17) is 4.74 Å². The number of nitrogens with one attached hydrogen (secondary N) is 1. The fourth-order valence-electron chi connectivity index (χ4n) is 1.38. The number of hydrogen-bond acceptors (Lipinski definition) is 3. The predicted octanol–water partition coefficient (Wildman–Crippen LogP) is 2.68. The summed E-state index contributed by atoms with van der Waals surface area (Å²) in [5, 5.41) is 3.28. The largest absolute Gasteiger partial charge is 0.489 e. The van der Waals surface area contributed by atoms with Crippen LogP contribution in [0.25, 0.3) is 0 Å². The average Bonchev–Trinajstić information content (AvgIpc) is 2.29. The molecule has 1 aromatic heterocycles. The summed E-state index contributed by atoms with van der Waals surface area (Å²) in [6.07, 6.45) is 1.25. The normalized spacial score (nSPS) is 12.5. The molecule has 1 atom stereocenters. The van der Waals surface area contributed by atoms with Crippen molar-refractivity contribution in [2.45, 2.75) is 46.8 Å². The van der Waals surface area contributed by atoms with E-state index >= 15 is 0 Å². The third kappa shape index (κ3) is 3.81. The van der Waals surface area contributed by atoms with Gasteiger partial charge in [-0.3, -0.25) is 4.98 Å². The molecule has 16 heavy (non-hydrogen) atoms. The topological polar surface area (TPSA) is 34.2 Å². The Morgan fingerprint density at radius 3 is 2.75 bits per heavy atom. The highest BCUT2D eigenvalue weighted by Gasteiger charge is 2.08. The van der Waals surface area contributed by atoms with Gasteiger partial charge in [-0.25, -0.2) is 0 Å². The summed E-state index contributed by atoms with van der Waals surface area (Å²) in [6, 6.07) is 4.01. The van der Waals surface area contributed by atoms with Gasteiger partial charge in [0.15, 0.2) is 0 Å². The molecule has 1 heterocycles. The molecule has 0 radical (unpaired) electrons. The molecule has 3 nitrogen and oxygen atoms in total. The molecule has 90 valence electrons. The Morgan fingerprint density at radius 1 is 1.38 bits per heavy atom. The predicted molar refractivity (Wildman–Crippen MR) is 66.7 cm³/mol. The average molecular weight is 222 g/mol. The Balaban J connectivity index is 2.80. The maximum absolute atomic E-state index is 5.84. The van der Waals surface area contributed by atoms with Gasteiger partial charge in [0.2, 0.25) is 0 Å². The maximum Gasteiger partial charge on any atom is 0.142 e. The third-order valence-corrected chi connectivity index (χ3v) is 2.52. The molecule has 0 aliphatic heterocycles. The quantitative estimate of drug-likeness (QED) is 0.803. The van der Waals surface area contributed by atoms with Crippen LogP contribution in [0.2, 0.25) is 0 Å². The van der Waals surface area contributed by atoms with Crippen molar-refractivity contribution in [2.75, 3.05) is 6.54 Å². The molecule has 0 aromatic carbocycles. The van der Waals surface area contributed by atoms with E-state index in [0.717, 1.165) is 36.6 Å². The van der Waals surface area contributed by atoms with Crippen molar-refractivity contribution in [1.29, 1.82) is 0 Å². The van der Waals surface area contributed by atoms with Crippen molar-refractivity contribution in [3.05, 3.63) is 23.5 Å². The first-order valence-electron chi connectivity index (χ1n) is 6.01. The van der Waals surface area contributed by atoms with Crippen molar-refractivity contribution >= 4 is 0 Å². The standard InChI is InChI=1S/C13H22N2O/c1-5-11(4)16-13-8-7-10(3)15-12(13)9-14-6-2/h7-8,11,14H,5-6,9H2,1-4H3. The summed E-state index contributed by atoms with van der Waals surface area (Å²) >= 11 is 0. The Kier molecular flexibility index (Phi) is 5.26. The smallest absolute Gasteiger partial charge is 0.142 e. The molecule has 0 fully saturated rings. The lowest BCUT2D eigenvalue weighted by molar-refractivity contribution is 0.213. The SMILES string of the molecule is CCNCc1nc(C)ccc1OC(C)CC. The molecule has 0 saturated carbocycles. The van der Waals surface area contributed by atoms with Crippen LogP contribution in [0, 0.1) is 6.92 Å². The molecule has 0 bridgehead atoms. The van der Waals surface area contributed by atoms with Crippen LogP contribution in [-0.2, 0) is 6.54 Å². The van der Waals surface area contributed by atoms with Gasteiger partial charge >= 0.3 is 0 Å². The first-order chi connectivity index (χ1) is 7.67. The highest BCUT2D eigenvalue weighted by atomic mass is 16.5. The van der Waals surface area contributed by atoms with Crippen LogP contribution >= 0.6 is 0 Å². The molecular formula is C13H22N2O. The molecule has 0 aliphatic rings. The van der Waals surface area contributed by atoms with Gasteiger partial charge in [-0.15, -0.1) is 0 Å². The van der Waals surface area contributed by atoms with Crippen LogP contribution in [0.15, 0.2) is 12.1 Å². The van der Waals surface area contributed by atoms with E-state index in [1.165, 1.54) is 0 Å². The molecule has 0 aliphatic carbocycles. The Labute approximate surface area is 98.2 Å². The fraction of sp³-hybridized carbons (Fsp3) is 0.615. The van der Waals surface area contributed by atoms with Gasteiger partial charge in [-0.1, -0.05) is 13.8 Å². The van der Waals surface area contributed by atoms with Gasteiger partial charge in [0.25, 0.3) is 0 Å². The van der Waals surface area contributed by atoms with E-state index < -0.39 is 0 Å². The van der Waals surface area contributed by atoms with Crippen molar-refractivity contribution in [3.8, 4) is 5.75 Å². The van der Waals surface area contributed by atoms with Gasteiger partial charge in [0, 0.05) is 12.2 Å². The minimum Gasteiger partial charge on any atom is -0.489 e. The summed E-state index contributed by atoms with van der Waals surface area (Å²) in [7, 11) is 0. The van der Waals surface area contributed by atoms with Gasteiger partial charge in [-0.05, 0) is 38.9 Å². The summed E-state index contributed by atoms with van der Waals surface area (Å²) in [4.78, 5) is 4.51. The van der Waals surface area contributed by atoms with Crippen molar-refractivity contribution < 1.29 is 4.74 Å². The number of ether oxygens (including phenoxy) is 1. The number of rotatable bonds is 6. The second-order valence-electron chi connectivity index (χ2n) is 4.01. The molecule has 1 aromatic rings. The maximum atomic E-state index is 5.84. The Hall–Kier alpha value is -1.09. The first-order valence-corrected chi connectivity index (χ1v) is 6.01. The van der Waals surface area contributed by atoms with E-state index in [-0.39, 0.29) is 6.10 Å². The zero-order chi connectivity index (χ0) is 12.0. The van der Waals surface area contributed by atoms with E-state index in [1.54, 1.807) is 0 Å². The minimum absolute atomic E-state index is 0.241. The number of aromatic nitrogens is 1. The van der Waals surface area contributed by atoms with Crippen LogP contribution in [-0.4, -0.2) is 17.6 Å². The fourth-order valence-corrected chi connectivity index (χ4v) is 1.38. The van der Waals surface area contributed by atoms with Gasteiger partial charge < -0.3 is 10.1 Å². The third-order valence-electron chi connectivity index (χ3n) is 2.52. The van der Waals surface area contributed by atoms with Crippen LogP contribution in [0.1, 0.15) is 38.6 Å². The lowest BCUT2D eigenvalue weighted by atomic mass is 10.2. The molecule has 1 N–H and O–H groups in total. The molecule has 0 saturated heterocycles.